The van der Waals surface area contributed by atoms with Gasteiger partial charge in [-0.1, -0.05) is 30.3 Å². The fourth-order valence-electron chi connectivity index (χ4n) is 3.38. The molecule has 1 aliphatic heterocycles. The van der Waals surface area contributed by atoms with Gasteiger partial charge in [0.1, 0.15) is 0 Å². The van der Waals surface area contributed by atoms with E-state index < -0.39 is 0 Å². The number of likely N-dealkylation sites (tertiary alicyclic amines) is 1. The van der Waals surface area contributed by atoms with Crippen molar-refractivity contribution in [2.24, 2.45) is 0 Å². The number of hydrogen-bond donors (Lipinski definition) is 0. The summed E-state index contributed by atoms with van der Waals surface area (Å²) in [5, 5.41) is 8.57. The number of rotatable bonds is 5. The molecule has 0 atom stereocenters. The molecule has 0 N–H and O–H groups in total. The Morgan fingerprint density at radius 3 is 2.60 bits per heavy atom. The molecule has 130 valence electrons. The largest absolute Gasteiger partial charge is 0.420 e. The van der Waals surface area contributed by atoms with Crippen LogP contribution in [0, 0.1) is 6.92 Å². The van der Waals surface area contributed by atoms with Crippen molar-refractivity contribution in [1.29, 1.82) is 0 Å². The SMILES string of the molecule is Cc1ccc(-c2nnc(C3CCN(CCc4ccccc4)CC3)o2)s1. The summed E-state index contributed by atoms with van der Waals surface area (Å²) in [6.45, 7) is 5.43. The molecule has 2 aromatic heterocycles. The lowest BCUT2D eigenvalue weighted by Gasteiger charge is -2.30. The summed E-state index contributed by atoms with van der Waals surface area (Å²) in [7, 11) is 0. The second kappa shape index (κ2) is 7.50. The molecule has 0 unspecified atom stereocenters. The second-order valence-corrected chi connectivity index (χ2v) is 8.00. The molecule has 1 aromatic carbocycles. The van der Waals surface area contributed by atoms with Crippen molar-refractivity contribution >= 4 is 11.3 Å². The number of aromatic nitrogens is 2. The molecule has 1 fully saturated rings. The van der Waals surface area contributed by atoms with Crippen LogP contribution in [0.5, 0.6) is 0 Å². The maximum atomic E-state index is 5.96. The molecular weight excluding hydrogens is 330 g/mol. The highest BCUT2D eigenvalue weighted by Crippen LogP contribution is 2.31. The van der Waals surface area contributed by atoms with Crippen molar-refractivity contribution in [1.82, 2.24) is 15.1 Å². The Bertz CT molecular complexity index is 803. The normalized spacial score (nSPS) is 16.4. The van der Waals surface area contributed by atoms with Crippen molar-refractivity contribution in [3.05, 3.63) is 58.8 Å². The van der Waals surface area contributed by atoms with Crippen LogP contribution < -0.4 is 0 Å². The Kier molecular flexibility index (Phi) is 4.95. The van der Waals surface area contributed by atoms with Crippen LogP contribution >= 0.6 is 11.3 Å². The van der Waals surface area contributed by atoms with E-state index in [9.17, 15) is 0 Å². The molecule has 3 aromatic rings. The molecule has 0 aliphatic carbocycles. The van der Waals surface area contributed by atoms with Crippen LogP contribution in [0.2, 0.25) is 0 Å². The molecule has 0 amide bonds. The molecule has 5 heteroatoms. The third-order valence-corrected chi connectivity index (χ3v) is 5.88. The fraction of sp³-hybridized carbons (Fsp3) is 0.400. The van der Waals surface area contributed by atoms with Crippen LogP contribution in [0.25, 0.3) is 10.8 Å². The van der Waals surface area contributed by atoms with E-state index in [1.807, 2.05) is 0 Å². The maximum absolute atomic E-state index is 5.96. The average molecular weight is 353 g/mol. The van der Waals surface area contributed by atoms with Crippen LogP contribution in [-0.4, -0.2) is 34.7 Å². The molecule has 4 nitrogen and oxygen atoms in total. The topological polar surface area (TPSA) is 42.2 Å². The summed E-state index contributed by atoms with van der Waals surface area (Å²) in [4.78, 5) is 4.88. The van der Waals surface area contributed by atoms with Gasteiger partial charge in [-0.15, -0.1) is 21.5 Å². The molecular formula is C20H23N3OS. The van der Waals surface area contributed by atoms with Crippen LogP contribution in [0.15, 0.2) is 46.9 Å². The number of benzene rings is 1. The van der Waals surface area contributed by atoms with Gasteiger partial charge in [-0.05, 0) is 57.0 Å². The Balaban J connectivity index is 1.31. The van der Waals surface area contributed by atoms with Crippen molar-refractivity contribution in [2.75, 3.05) is 19.6 Å². The van der Waals surface area contributed by atoms with E-state index in [1.165, 1.54) is 10.4 Å². The van der Waals surface area contributed by atoms with Crippen LogP contribution in [0.4, 0.5) is 0 Å². The first kappa shape index (κ1) is 16.5. The lowest BCUT2D eigenvalue weighted by Crippen LogP contribution is -2.34. The smallest absolute Gasteiger partial charge is 0.257 e. The lowest BCUT2D eigenvalue weighted by atomic mass is 9.96. The highest BCUT2D eigenvalue weighted by molar-refractivity contribution is 7.15. The van der Waals surface area contributed by atoms with Gasteiger partial charge in [0, 0.05) is 17.3 Å². The van der Waals surface area contributed by atoms with Crippen molar-refractivity contribution in [2.45, 2.75) is 32.1 Å². The predicted molar refractivity (Wildman–Crippen MR) is 101 cm³/mol. The third-order valence-electron chi connectivity index (χ3n) is 4.89. The van der Waals surface area contributed by atoms with Crippen LogP contribution in [0.3, 0.4) is 0 Å². The van der Waals surface area contributed by atoms with Crippen molar-refractivity contribution in [3.8, 4) is 10.8 Å². The van der Waals surface area contributed by atoms with Crippen molar-refractivity contribution in [3.63, 3.8) is 0 Å². The summed E-state index contributed by atoms with van der Waals surface area (Å²) < 4.78 is 5.96. The highest BCUT2D eigenvalue weighted by atomic mass is 32.1. The van der Waals surface area contributed by atoms with Gasteiger partial charge in [0.25, 0.3) is 5.89 Å². The van der Waals surface area contributed by atoms with E-state index in [0.717, 1.165) is 49.7 Å². The quantitative estimate of drug-likeness (QED) is 0.676. The summed E-state index contributed by atoms with van der Waals surface area (Å²) in [5.41, 5.74) is 1.41. The number of thiophene rings is 1. The summed E-state index contributed by atoms with van der Waals surface area (Å²) in [6.07, 6.45) is 3.31. The zero-order valence-corrected chi connectivity index (χ0v) is 15.3. The monoisotopic (exact) mass is 353 g/mol. The lowest BCUT2D eigenvalue weighted by molar-refractivity contribution is 0.202. The van der Waals surface area contributed by atoms with Crippen LogP contribution in [-0.2, 0) is 6.42 Å². The second-order valence-electron chi connectivity index (χ2n) is 6.71. The van der Waals surface area contributed by atoms with Gasteiger partial charge >= 0.3 is 0 Å². The van der Waals surface area contributed by atoms with E-state index in [1.54, 1.807) is 11.3 Å². The number of nitrogens with zero attached hydrogens (tertiary/aromatic N) is 3. The minimum atomic E-state index is 0.398. The molecule has 0 bridgehead atoms. The van der Waals surface area contributed by atoms with E-state index in [4.69, 9.17) is 4.42 Å². The number of aryl methyl sites for hydroxylation is 1. The molecule has 0 spiro atoms. The number of piperidine rings is 1. The molecule has 1 saturated heterocycles. The van der Waals surface area contributed by atoms with Gasteiger partial charge in [0.15, 0.2) is 0 Å². The minimum absolute atomic E-state index is 0.398. The molecule has 0 saturated carbocycles. The average Bonchev–Trinajstić information content (AvgIpc) is 3.30. The standard InChI is InChI=1S/C20H23N3OS/c1-15-7-8-18(25-15)20-22-21-19(24-20)17-10-13-23(14-11-17)12-9-16-5-3-2-4-6-16/h2-8,17H,9-14H2,1H3. The van der Waals surface area contributed by atoms with Gasteiger partial charge in [0.2, 0.25) is 5.89 Å². The zero-order valence-electron chi connectivity index (χ0n) is 14.5. The summed E-state index contributed by atoms with van der Waals surface area (Å²) in [6, 6.07) is 14.9. The van der Waals surface area contributed by atoms with Crippen LogP contribution in [0.1, 0.15) is 35.1 Å². The fourth-order valence-corrected chi connectivity index (χ4v) is 4.17. The number of hydrogen-bond acceptors (Lipinski definition) is 5. The van der Waals surface area contributed by atoms with Gasteiger partial charge < -0.3 is 9.32 Å². The minimum Gasteiger partial charge on any atom is -0.420 e. The Morgan fingerprint density at radius 2 is 1.88 bits per heavy atom. The first-order chi connectivity index (χ1) is 12.3. The Morgan fingerprint density at radius 1 is 1.08 bits per heavy atom. The molecule has 4 rings (SSSR count). The first-order valence-corrected chi connectivity index (χ1v) is 9.76. The first-order valence-electron chi connectivity index (χ1n) is 8.94. The van der Waals surface area contributed by atoms with Gasteiger partial charge in [-0.3, -0.25) is 0 Å². The van der Waals surface area contributed by atoms with Crippen molar-refractivity contribution < 1.29 is 4.42 Å². The Hall–Kier alpha value is -1.98. The highest BCUT2D eigenvalue weighted by Gasteiger charge is 2.25. The van der Waals surface area contributed by atoms with Gasteiger partial charge in [-0.2, -0.15) is 0 Å². The third kappa shape index (κ3) is 3.99. The summed E-state index contributed by atoms with van der Waals surface area (Å²) in [5.74, 6) is 1.87. The molecule has 25 heavy (non-hydrogen) atoms. The van der Waals surface area contributed by atoms with E-state index in [-0.39, 0.29) is 0 Å². The van der Waals surface area contributed by atoms with E-state index in [0.29, 0.717) is 11.8 Å². The van der Waals surface area contributed by atoms with E-state index in [2.05, 4.69) is 64.5 Å². The van der Waals surface area contributed by atoms with Gasteiger partial charge in [-0.25, -0.2) is 0 Å². The molecule has 1 aliphatic rings. The molecule has 0 radical (unpaired) electrons. The summed E-state index contributed by atoms with van der Waals surface area (Å²) >= 11 is 1.70. The van der Waals surface area contributed by atoms with Gasteiger partial charge in [0.05, 0.1) is 4.88 Å². The Labute approximate surface area is 152 Å². The maximum Gasteiger partial charge on any atom is 0.257 e. The predicted octanol–water partition coefficient (Wildman–Crippen LogP) is 4.53. The molecule has 3 heterocycles. The van der Waals surface area contributed by atoms with E-state index >= 15 is 0 Å². The zero-order chi connectivity index (χ0) is 17.1.